The van der Waals surface area contributed by atoms with Crippen LogP contribution >= 0.6 is 0 Å². The molecule has 0 aromatic carbocycles. The topological polar surface area (TPSA) is 60.9 Å². The molecule has 18 heavy (non-hydrogen) atoms. The molecule has 0 saturated heterocycles. The van der Waals surface area contributed by atoms with Crippen molar-refractivity contribution in [1.29, 1.82) is 0 Å². The SMILES string of the molecule is Cn1ccnc1CCC(=O)C1CCC(CN)CC1. The number of carbonyl (C=O) groups excluding carboxylic acids is 1. The van der Waals surface area contributed by atoms with Crippen molar-refractivity contribution in [2.45, 2.75) is 38.5 Å². The Balaban J connectivity index is 1.77. The minimum atomic E-state index is 0.271. The van der Waals surface area contributed by atoms with Gasteiger partial charge in [0.25, 0.3) is 0 Å². The van der Waals surface area contributed by atoms with Crippen molar-refractivity contribution in [3.8, 4) is 0 Å². The van der Waals surface area contributed by atoms with Gasteiger partial charge in [-0.3, -0.25) is 4.79 Å². The van der Waals surface area contributed by atoms with E-state index in [2.05, 4.69) is 4.98 Å². The van der Waals surface area contributed by atoms with Crippen LogP contribution in [0.25, 0.3) is 0 Å². The summed E-state index contributed by atoms with van der Waals surface area (Å²) in [4.78, 5) is 16.4. The Kier molecular flexibility index (Phi) is 4.53. The second-order valence-electron chi connectivity index (χ2n) is 5.37. The van der Waals surface area contributed by atoms with Gasteiger partial charge in [0.15, 0.2) is 0 Å². The Bertz CT molecular complexity index is 391. The van der Waals surface area contributed by atoms with Crippen molar-refractivity contribution in [2.24, 2.45) is 24.6 Å². The Morgan fingerprint density at radius 2 is 2.17 bits per heavy atom. The zero-order valence-corrected chi connectivity index (χ0v) is 11.1. The quantitative estimate of drug-likeness (QED) is 0.863. The molecular formula is C14H23N3O. The monoisotopic (exact) mass is 249 g/mol. The van der Waals surface area contributed by atoms with E-state index in [4.69, 9.17) is 5.73 Å². The van der Waals surface area contributed by atoms with E-state index in [0.29, 0.717) is 18.1 Å². The smallest absolute Gasteiger partial charge is 0.136 e. The van der Waals surface area contributed by atoms with Crippen LogP contribution in [0.2, 0.25) is 0 Å². The number of carbonyl (C=O) groups is 1. The molecule has 0 atom stereocenters. The van der Waals surface area contributed by atoms with Crippen LogP contribution in [0.5, 0.6) is 0 Å². The highest BCUT2D eigenvalue weighted by Crippen LogP contribution is 2.29. The maximum absolute atomic E-state index is 12.1. The fourth-order valence-corrected chi connectivity index (χ4v) is 2.80. The fraction of sp³-hybridized carbons (Fsp3) is 0.714. The van der Waals surface area contributed by atoms with E-state index in [1.54, 1.807) is 6.20 Å². The van der Waals surface area contributed by atoms with Gasteiger partial charge in [-0.25, -0.2) is 4.98 Å². The summed E-state index contributed by atoms with van der Waals surface area (Å²) in [6.07, 6.45) is 9.40. The van der Waals surface area contributed by atoms with E-state index in [0.717, 1.165) is 44.5 Å². The number of nitrogens with two attached hydrogens (primary N) is 1. The number of ketones is 1. The molecular weight excluding hydrogens is 226 g/mol. The van der Waals surface area contributed by atoms with Crippen molar-refractivity contribution < 1.29 is 4.79 Å². The molecule has 1 aromatic heterocycles. The first kappa shape index (κ1) is 13.3. The van der Waals surface area contributed by atoms with Gasteiger partial charge in [0.05, 0.1) is 0 Å². The summed E-state index contributed by atoms with van der Waals surface area (Å²) in [5.41, 5.74) is 5.67. The van der Waals surface area contributed by atoms with Crippen LogP contribution in [-0.4, -0.2) is 21.9 Å². The molecule has 1 fully saturated rings. The van der Waals surface area contributed by atoms with Crippen molar-refractivity contribution in [3.63, 3.8) is 0 Å². The van der Waals surface area contributed by atoms with Crippen molar-refractivity contribution >= 4 is 5.78 Å². The molecule has 0 bridgehead atoms. The van der Waals surface area contributed by atoms with Crippen LogP contribution in [0.3, 0.4) is 0 Å². The molecule has 0 amide bonds. The zero-order valence-electron chi connectivity index (χ0n) is 11.1. The lowest BCUT2D eigenvalue weighted by molar-refractivity contribution is -0.124. The largest absolute Gasteiger partial charge is 0.338 e. The van der Waals surface area contributed by atoms with Gasteiger partial charge in [0.2, 0.25) is 0 Å². The molecule has 0 aliphatic heterocycles. The number of aryl methyl sites for hydroxylation is 2. The Labute approximate surface area is 109 Å². The Morgan fingerprint density at radius 1 is 1.44 bits per heavy atom. The molecule has 0 radical (unpaired) electrons. The average Bonchev–Trinajstić information content (AvgIpc) is 2.81. The first-order chi connectivity index (χ1) is 8.70. The van der Waals surface area contributed by atoms with Gasteiger partial charge >= 0.3 is 0 Å². The summed E-state index contributed by atoms with van der Waals surface area (Å²) in [7, 11) is 1.97. The van der Waals surface area contributed by atoms with Gasteiger partial charge in [-0.2, -0.15) is 0 Å². The zero-order chi connectivity index (χ0) is 13.0. The normalized spacial score (nSPS) is 24.1. The average molecular weight is 249 g/mol. The third-order valence-corrected chi connectivity index (χ3v) is 4.15. The highest BCUT2D eigenvalue weighted by molar-refractivity contribution is 5.81. The van der Waals surface area contributed by atoms with E-state index in [1.165, 1.54) is 0 Å². The van der Waals surface area contributed by atoms with E-state index in [9.17, 15) is 4.79 Å². The van der Waals surface area contributed by atoms with Crippen LogP contribution in [0, 0.1) is 11.8 Å². The summed E-state index contributed by atoms with van der Waals surface area (Å²) in [5, 5.41) is 0. The summed E-state index contributed by atoms with van der Waals surface area (Å²) in [6.45, 7) is 0.772. The van der Waals surface area contributed by atoms with Gasteiger partial charge in [-0.1, -0.05) is 0 Å². The highest BCUT2D eigenvalue weighted by Gasteiger charge is 2.25. The predicted molar refractivity (Wildman–Crippen MR) is 71.0 cm³/mol. The van der Waals surface area contributed by atoms with E-state index in [-0.39, 0.29) is 5.92 Å². The highest BCUT2D eigenvalue weighted by atomic mass is 16.1. The molecule has 4 heteroatoms. The second-order valence-corrected chi connectivity index (χ2v) is 5.37. The summed E-state index contributed by atoms with van der Waals surface area (Å²) in [6, 6.07) is 0. The number of hydrogen-bond donors (Lipinski definition) is 1. The Morgan fingerprint density at radius 3 is 2.72 bits per heavy atom. The summed E-state index contributed by atoms with van der Waals surface area (Å²) < 4.78 is 1.98. The minimum absolute atomic E-state index is 0.271. The van der Waals surface area contributed by atoms with Crippen LogP contribution in [0.15, 0.2) is 12.4 Å². The van der Waals surface area contributed by atoms with Crippen molar-refractivity contribution in [3.05, 3.63) is 18.2 Å². The maximum atomic E-state index is 12.1. The second kappa shape index (κ2) is 6.14. The van der Waals surface area contributed by atoms with Gasteiger partial charge in [-0.05, 0) is 38.1 Å². The molecule has 1 saturated carbocycles. The van der Waals surface area contributed by atoms with E-state index >= 15 is 0 Å². The van der Waals surface area contributed by atoms with Gasteiger partial charge in [0.1, 0.15) is 11.6 Å². The molecule has 1 aliphatic carbocycles. The number of rotatable bonds is 5. The predicted octanol–water partition coefficient (Wildman–Crippen LogP) is 1.69. The van der Waals surface area contributed by atoms with Crippen molar-refractivity contribution in [1.82, 2.24) is 9.55 Å². The molecule has 100 valence electrons. The molecule has 0 spiro atoms. The number of imidazole rings is 1. The van der Waals surface area contributed by atoms with Gasteiger partial charge in [-0.15, -0.1) is 0 Å². The maximum Gasteiger partial charge on any atom is 0.136 e. The Hall–Kier alpha value is -1.16. The number of Topliss-reactive ketones (excluding diaryl/α,β-unsaturated/α-hetero) is 1. The first-order valence-corrected chi connectivity index (χ1v) is 6.89. The van der Waals surface area contributed by atoms with Crippen LogP contribution < -0.4 is 5.73 Å². The summed E-state index contributed by atoms with van der Waals surface area (Å²) in [5.74, 6) is 2.32. The van der Waals surface area contributed by atoms with Gasteiger partial charge in [0, 0.05) is 38.2 Å². The lowest BCUT2D eigenvalue weighted by atomic mass is 9.79. The minimum Gasteiger partial charge on any atom is -0.338 e. The summed E-state index contributed by atoms with van der Waals surface area (Å²) >= 11 is 0. The third-order valence-electron chi connectivity index (χ3n) is 4.15. The first-order valence-electron chi connectivity index (χ1n) is 6.89. The molecule has 1 aromatic rings. The van der Waals surface area contributed by atoms with E-state index < -0.39 is 0 Å². The molecule has 2 N–H and O–H groups in total. The van der Waals surface area contributed by atoms with Crippen LogP contribution in [0.1, 0.15) is 37.9 Å². The third kappa shape index (κ3) is 3.19. The van der Waals surface area contributed by atoms with Gasteiger partial charge < -0.3 is 10.3 Å². The molecule has 0 unspecified atom stereocenters. The number of aromatic nitrogens is 2. The number of hydrogen-bond acceptors (Lipinski definition) is 3. The number of nitrogens with zero attached hydrogens (tertiary/aromatic N) is 2. The molecule has 2 rings (SSSR count). The molecule has 1 heterocycles. The lowest BCUT2D eigenvalue weighted by Crippen LogP contribution is -2.26. The molecule has 1 aliphatic rings. The lowest BCUT2D eigenvalue weighted by Gasteiger charge is -2.26. The van der Waals surface area contributed by atoms with E-state index in [1.807, 2.05) is 17.8 Å². The van der Waals surface area contributed by atoms with Crippen LogP contribution in [0.4, 0.5) is 0 Å². The standard InChI is InChI=1S/C14H23N3O/c1-17-9-8-16-14(17)7-6-13(18)12-4-2-11(10-15)3-5-12/h8-9,11-12H,2-7,10,15H2,1H3. The van der Waals surface area contributed by atoms with Crippen molar-refractivity contribution in [2.75, 3.05) is 6.54 Å². The molecule has 4 nitrogen and oxygen atoms in total. The fourth-order valence-electron chi connectivity index (χ4n) is 2.80. The van der Waals surface area contributed by atoms with Crippen LogP contribution in [-0.2, 0) is 18.3 Å².